The average molecular weight is 466 g/mol. The van der Waals surface area contributed by atoms with Gasteiger partial charge in [0, 0.05) is 24.7 Å². The van der Waals surface area contributed by atoms with Crippen LogP contribution < -0.4 is 16.6 Å². The number of anilines is 1. The summed E-state index contributed by atoms with van der Waals surface area (Å²) in [5, 5.41) is 3.55. The number of carbonyl (C=O) groups is 1. The Morgan fingerprint density at radius 3 is 2.68 bits per heavy atom. The summed E-state index contributed by atoms with van der Waals surface area (Å²) in [7, 11) is 0. The SMILES string of the molecule is Cc1cc2nc3c(=O)[nH]c(=O)nc-3n(CCCCCCC(=O)OC3(C)CC3)c2cc1NC1CC1. The normalized spacial score (nSPS) is 16.6. The molecule has 2 aliphatic heterocycles. The number of aromatic nitrogens is 4. The van der Waals surface area contributed by atoms with Crippen molar-refractivity contribution in [3.63, 3.8) is 0 Å². The number of H-pyrrole nitrogens is 1. The van der Waals surface area contributed by atoms with Crippen LogP contribution in [0.15, 0.2) is 21.7 Å². The van der Waals surface area contributed by atoms with E-state index in [0.717, 1.165) is 68.1 Å². The predicted octanol–water partition coefficient (Wildman–Crippen LogP) is 3.51. The van der Waals surface area contributed by atoms with Gasteiger partial charge >= 0.3 is 11.7 Å². The summed E-state index contributed by atoms with van der Waals surface area (Å²) in [6.07, 6.45) is 8.12. The van der Waals surface area contributed by atoms with Crippen LogP contribution in [0, 0.1) is 6.92 Å². The Balaban J connectivity index is 1.33. The van der Waals surface area contributed by atoms with Gasteiger partial charge in [0.15, 0.2) is 11.5 Å². The fourth-order valence-corrected chi connectivity index (χ4v) is 4.27. The van der Waals surface area contributed by atoms with Crippen LogP contribution in [0.1, 0.15) is 70.3 Å². The maximum atomic E-state index is 12.5. The second-order valence-corrected chi connectivity index (χ2v) is 9.97. The van der Waals surface area contributed by atoms with Gasteiger partial charge in [0.2, 0.25) is 0 Å². The van der Waals surface area contributed by atoms with Crippen molar-refractivity contribution in [3.8, 4) is 11.5 Å². The number of esters is 1. The molecule has 0 amide bonds. The molecule has 2 N–H and O–H groups in total. The molecule has 0 radical (unpaired) electrons. The van der Waals surface area contributed by atoms with Gasteiger partial charge < -0.3 is 14.6 Å². The van der Waals surface area contributed by atoms with Gasteiger partial charge in [-0.05, 0) is 70.1 Å². The van der Waals surface area contributed by atoms with Crippen LogP contribution in [-0.4, -0.2) is 37.1 Å². The van der Waals surface area contributed by atoms with Gasteiger partial charge in [-0.1, -0.05) is 12.8 Å². The summed E-state index contributed by atoms with van der Waals surface area (Å²) in [4.78, 5) is 47.2. The van der Waals surface area contributed by atoms with E-state index in [0.29, 0.717) is 30.3 Å². The first-order valence-corrected chi connectivity index (χ1v) is 12.2. The van der Waals surface area contributed by atoms with E-state index in [9.17, 15) is 14.4 Å². The molecule has 0 unspecified atom stereocenters. The highest BCUT2D eigenvalue weighted by atomic mass is 16.6. The van der Waals surface area contributed by atoms with Crippen molar-refractivity contribution >= 4 is 22.7 Å². The van der Waals surface area contributed by atoms with Gasteiger partial charge in [0.25, 0.3) is 5.56 Å². The predicted molar refractivity (Wildman–Crippen MR) is 129 cm³/mol. The monoisotopic (exact) mass is 465 g/mol. The van der Waals surface area contributed by atoms with Crippen molar-refractivity contribution in [2.45, 2.75) is 89.8 Å². The van der Waals surface area contributed by atoms with E-state index in [1.807, 2.05) is 24.5 Å². The zero-order chi connectivity index (χ0) is 23.9. The molecule has 5 rings (SSSR count). The zero-order valence-electron chi connectivity index (χ0n) is 19.8. The molecule has 2 fully saturated rings. The van der Waals surface area contributed by atoms with Crippen molar-refractivity contribution in [2.24, 2.45) is 0 Å². The van der Waals surface area contributed by atoms with Crippen LogP contribution in [0.4, 0.5) is 5.69 Å². The van der Waals surface area contributed by atoms with E-state index in [1.165, 1.54) is 0 Å². The van der Waals surface area contributed by atoms with E-state index in [1.54, 1.807) is 0 Å². The third kappa shape index (κ3) is 4.98. The van der Waals surface area contributed by atoms with Gasteiger partial charge in [-0.15, -0.1) is 0 Å². The molecule has 180 valence electrons. The number of aryl methyl sites for hydroxylation is 2. The number of hydrogen-bond acceptors (Lipinski definition) is 7. The zero-order valence-corrected chi connectivity index (χ0v) is 19.8. The fourth-order valence-electron chi connectivity index (χ4n) is 4.27. The summed E-state index contributed by atoms with van der Waals surface area (Å²) < 4.78 is 7.41. The van der Waals surface area contributed by atoms with Gasteiger partial charge in [0.1, 0.15) is 5.60 Å². The number of nitrogens with one attached hydrogen (secondary N) is 2. The number of nitrogens with zero attached hydrogens (tertiary/aromatic N) is 3. The van der Waals surface area contributed by atoms with Crippen molar-refractivity contribution in [1.82, 2.24) is 19.5 Å². The molecule has 34 heavy (non-hydrogen) atoms. The Hall–Kier alpha value is -3.23. The second kappa shape index (κ2) is 8.85. The summed E-state index contributed by atoms with van der Waals surface area (Å²) in [6.45, 7) is 4.60. The molecule has 0 aromatic heterocycles. The first-order valence-electron chi connectivity index (χ1n) is 12.2. The van der Waals surface area contributed by atoms with E-state index >= 15 is 0 Å². The molecule has 0 saturated heterocycles. The fraction of sp³-hybridized carbons (Fsp3) is 0.560. The molecular weight excluding hydrogens is 434 g/mol. The van der Waals surface area contributed by atoms with Crippen LogP contribution in [0.5, 0.6) is 0 Å². The average Bonchev–Trinajstić information content (AvgIpc) is 3.70. The van der Waals surface area contributed by atoms with Crippen LogP contribution in [0.3, 0.4) is 0 Å². The van der Waals surface area contributed by atoms with Crippen molar-refractivity contribution in [2.75, 3.05) is 5.32 Å². The number of carbonyl (C=O) groups excluding carboxylic acids is 1. The molecule has 0 atom stereocenters. The highest BCUT2D eigenvalue weighted by Crippen LogP contribution is 2.39. The van der Waals surface area contributed by atoms with Gasteiger partial charge in [-0.25, -0.2) is 9.78 Å². The Bertz CT molecular complexity index is 1320. The number of benzene rings is 1. The van der Waals surface area contributed by atoms with Crippen LogP contribution in [0.2, 0.25) is 0 Å². The number of fused-ring (bicyclic) bond motifs is 2. The summed E-state index contributed by atoms with van der Waals surface area (Å²) in [6, 6.07) is 4.53. The minimum atomic E-state index is -0.668. The molecule has 1 aromatic rings. The number of ether oxygens (including phenoxy) is 1. The highest BCUT2D eigenvalue weighted by molar-refractivity contribution is 5.84. The number of hydrogen-bond donors (Lipinski definition) is 2. The lowest BCUT2D eigenvalue weighted by atomic mass is 10.1. The maximum absolute atomic E-state index is 12.5. The second-order valence-electron chi connectivity index (χ2n) is 9.97. The molecule has 9 nitrogen and oxygen atoms in total. The molecule has 0 bridgehead atoms. The summed E-state index contributed by atoms with van der Waals surface area (Å²) in [5.74, 6) is 0.196. The smallest absolute Gasteiger partial charge is 0.349 e. The molecule has 2 saturated carbocycles. The standard InChI is InChI=1S/C25H31N5O4/c1-15-13-18-19(14-17(15)26-16-8-9-16)30(22-21(27-18)23(32)29-24(33)28-22)12-6-4-3-5-7-20(31)34-25(2)10-11-25/h13-14,16,26H,3-12H2,1-2H3,(H,29,32,33). The van der Waals surface area contributed by atoms with E-state index in [4.69, 9.17) is 4.74 Å². The Morgan fingerprint density at radius 1 is 1.18 bits per heavy atom. The van der Waals surface area contributed by atoms with Crippen molar-refractivity contribution < 1.29 is 9.53 Å². The van der Waals surface area contributed by atoms with E-state index < -0.39 is 11.2 Å². The van der Waals surface area contributed by atoms with Gasteiger partial charge in [0.05, 0.1) is 11.0 Å². The van der Waals surface area contributed by atoms with Crippen LogP contribution in [-0.2, 0) is 16.1 Å². The topological polar surface area (TPSA) is 119 Å². The first kappa shape index (κ1) is 22.6. The highest BCUT2D eigenvalue weighted by Gasteiger charge is 2.41. The van der Waals surface area contributed by atoms with E-state index in [2.05, 4.69) is 26.3 Å². The Labute approximate surface area is 197 Å². The van der Waals surface area contributed by atoms with E-state index in [-0.39, 0.29) is 17.3 Å². The molecule has 4 aliphatic rings. The van der Waals surface area contributed by atoms with Gasteiger partial charge in [-0.3, -0.25) is 14.6 Å². The minimum absolute atomic E-state index is 0.113. The van der Waals surface area contributed by atoms with Crippen molar-refractivity contribution in [1.29, 1.82) is 0 Å². The molecule has 1 aromatic carbocycles. The molecular formula is C25H31N5O4. The lowest BCUT2D eigenvalue weighted by Crippen LogP contribution is -2.29. The van der Waals surface area contributed by atoms with Crippen LogP contribution in [0.25, 0.3) is 22.6 Å². The molecule has 0 spiro atoms. The van der Waals surface area contributed by atoms with Crippen molar-refractivity contribution in [3.05, 3.63) is 38.5 Å². The number of aromatic amines is 1. The lowest BCUT2D eigenvalue weighted by molar-refractivity contribution is -0.150. The first-order chi connectivity index (χ1) is 16.3. The Morgan fingerprint density at radius 2 is 1.94 bits per heavy atom. The largest absolute Gasteiger partial charge is 0.459 e. The quantitative estimate of drug-likeness (QED) is 0.267. The molecule has 2 aliphatic carbocycles. The third-order valence-electron chi connectivity index (χ3n) is 6.72. The maximum Gasteiger partial charge on any atom is 0.349 e. The molecule has 9 heteroatoms. The van der Waals surface area contributed by atoms with Crippen LogP contribution >= 0.6 is 0 Å². The lowest BCUT2D eigenvalue weighted by Gasteiger charge is -2.19. The minimum Gasteiger partial charge on any atom is -0.459 e. The summed E-state index contributed by atoms with van der Waals surface area (Å²) >= 11 is 0. The number of unbranched alkanes of at least 4 members (excludes halogenated alkanes) is 3. The molecule has 2 heterocycles. The number of rotatable bonds is 10. The third-order valence-corrected chi connectivity index (χ3v) is 6.72. The summed E-state index contributed by atoms with van der Waals surface area (Å²) in [5.41, 5.74) is 2.42. The van der Waals surface area contributed by atoms with Gasteiger partial charge in [-0.2, -0.15) is 4.98 Å². The Kier molecular flexibility index (Phi) is 5.87.